The van der Waals surface area contributed by atoms with Gasteiger partial charge in [-0.2, -0.15) is 0 Å². The molecule has 12 nitrogen and oxygen atoms in total. The summed E-state index contributed by atoms with van der Waals surface area (Å²) in [4.78, 5) is 45.4. The first kappa shape index (κ1) is 53.1. The molecule has 3 amide bonds. The predicted octanol–water partition coefficient (Wildman–Crippen LogP) is 8.49. The van der Waals surface area contributed by atoms with Crippen LogP contribution in [0.5, 0.6) is 5.75 Å². The zero-order chi connectivity index (χ0) is 55.3. The summed E-state index contributed by atoms with van der Waals surface area (Å²) in [7, 11) is 1.86. The number of benzene rings is 6. The number of aromatic hydroxyl groups is 1. The lowest BCUT2D eigenvalue weighted by atomic mass is 9.64. The van der Waals surface area contributed by atoms with E-state index in [0.717, 1.165) is 91.4 Å². The number of anilines is 3. The Hall–Kier alpha value is -7.95. The van der Waals surface area contributed by atoms with Gasteiger partial charge in [-0.3, -0.25) is 14.4 Å². The Morgan fingerprint density at radius 2 is 1.61 bits per heavy atom. The number of nitrogens with one attached hydrogen (secondary N) is 4. The van der Waals surface area contributed by atoms with E-state index < -0.39 is 0 Å². The van der Waals surface area contributed by atoms with E-state index in [1.165, 1.54) is 55.2 Å². The number of phenols is 1. The molecule has 11 rings (SSSR count). The maximum absolute atomic E-state index is 14.9. The molecule has 0 radical (unpaired) electrons. The van der Waals surface area contributed by atoms with E-state index in [1.807, 2.05) is 62.5 Å². The number of phenolic OH excluding ortho intramolecular Hbond substituents is 1. The highest BCUT2D eigenvalue weighted by Crippen LogP contribution is 2.50. The van der Waals surface area contributed by atoms with E-state index in [2.05, 4.69) is 107 Å². The van der Waals surface area contributed by atoms with Crippen LogP contribution >= 0.6 is 0 Å². The minimum Gasteiger partial charge on any atom is -0.506 e. The summed E-state index contributed by atoms with van der Waals surface area (Å²) in [5, 5.41) is 26.1. The molecule has 5 N–H and O–H groups in total. The van der Waals surface area contributed by atoms with Crippen LogP contribution in [-0.4, -0.2) is 84.7 Å². The normalized spacial score (nSPS) is 17.1. The molecule has 5 aliphatic rings. The summed E-state index contributed by atoms with van der Waals surface area (Å²) in [5.41, 5.74) is 16.9. The van der Waals surface area contributed by atoms with Crippen LogP contribution in [0.1, 0.15) is 163 Å². The second kappa shape index (κ2) is 21.4. The van der Waals surface area contributed by atoms with E-state index in [9.17, 15) is 19.5 Å². The smallest absolute Gasteiger partial charge is 0.324 e. The number of nitrogens with zero attached hydrogens (tertiary/aromatic N) is 4. The number of rotatable bonds is 16. The zero-order valence-electron chi connectivity index (χ0n) is 47.3. The van der Waals surface area contributed by atoms with E-state index in [-0.39, 0.29) is 40.8 Å². The van der Waals surface area contributed by atoms with E-state index in [4.69, 9.17) is 0 Å². The van der Waals surface area contributed by atoms with Gasteiger partial charge in [-0.1, -0.05) is 57.2 Å². The van der Waals surface area contributed by atoms with Crippen molar-refractivity contribution in [1.82, 2.24) is 30.1 Å². The Bertz CT molecular complexity index is 3640. The lowest BCUT2D eigenvalue weighted by molar-refractivity contribution is -0.121. The number of amidine groups is 2. The van der Waals surface area contributed by atoms with Crippen molar-refractivity contribution in [2.45, 2.75) is 123 Å². The average Bonchev–Trinajstić information content (AvgIpc) is 3.07. The van der Waals surface area contributed by atoms with Gasteiger partial charge in [0, 0.05) is 104 Å². The van der Waals surface area contributed by atoms with Crippen LogP contribution < -0.4 is 46.0 Å². The Morgan fingerprint density at radius 3 is 2.34 bits per heavy atom. The molecule has 1 aliphatic carbocycles. The third-order valence-electron chi connectivity index (χ3n) is 17.4. The van der Waals surface area contributed by atoms with Crippen LogP contribution in [0.15, 0.2) is 109 Å². The van der Waals surface area contributed by atoms with Crippen LogP contribution in [0.25, 0.3) is 5.57 Å². The van der Waals surface area contributed by atoms with Crippen LogP contribution in [0, 0.1) is 0 Å². The van der Waals surface area contributed by atoms with Gasteiger partial charge < -0.3 is 30.9 Å². The van der Waals surface area contributed by atoms with Gasteiger partial charge in [0.15, 0.2) is 0 Å². The topological polar surface area (TPSA) is 143 Å². The zero-order valence-corrected chi connectivity index (χ0v) is 47.3. The SMILES string of the molecule is CCN1c2cc3c(cc2C(C)CC1(C)C)C(c1ccccc1C(=O)N(C)CCCC(=O)NCCc1ccc(Nc2ccc(C(=O)NCc4ccc(C5=[N+]=C(C)N5)cc4)cc2)c(O)c1)=c1cc2c4c(c1C3(C)C)CCC[N+]=4CCC2. The standard InChI is InChI=1S/C67H74N8O4/c1-9-75-57-38-55-53(37-52(57)41(2)39-66(75,4)5)60(54-36-47-15-12-33-74-34-13-18-51(62(47)74)61(54)67(55,6)7)49-16-10-11-17-50(49)65(79)73(8)32-14-19-59(77)68-31-30-43-22-29-56(58(76)35-43)72-48-27-25-46(26-28-48)64(78)69-40-44-20-23-45(24-21-44)63-70-42(3)71-63/h10-11,16-17,20-29,35-38,41H,9,12-15,18-19,30-34,39-40H2,1-8H3,(H3,68,69,77,78,79)/p+2. The number of hydrogen-bond acceptors (Lipinski definition) is 7. The van der Waals surface area contributed by atoms with Gasteiger partial charge in [-0.15, -0.1) is 0 Å². The Balaban J connectivity index is 0.731. The fraction of sp³-hybridized carbons (Fsp3) is 0.373. The molecule has 0 fully saturated rings. The first-order valence-electron chi connectivity index (χ1n) is 28.6. The monoisotopic (exact) mass is 1060 g/mol. The maximum Gasteiger partial charge on any atom is 0.324 e. The molecular formula is C67H76N8O4+2. The van der Waals surface area contributed by atoms with E-state index >= 15 is 0 Å². The van der Waals surface area contributed by atoms with Gasteiger partial charge in [-0.25, -0.2) is 14.6 Å². The number of amides is 3. The highest BCUT2D eigenvalue weighted by atomic mass is 16.3. The highest BCUT2D eigenvalue weighted by Gasteiger charge is 2.43. The molecule has 1 atom stereocenters. The summed E-state index contributed by atoms with van der Waals surface area (Å²) >= 11 is 0. The summed E-state index contributed by atoms with van der Waals surface area (Å²) < 4.78 is 7.01. The molecule has 0 saturated carbocycles. The number of fused-ring (bicyclic) bond motifs is 4. The number of carbonyl (C=O) groups excluding carboxylic acids is 3. The first-order valence-corrected chi connectivity index (χ1v) is 28.6. The summed E-state index contributed by atoms with van der Waals surface area (Å²) in [6, 6.07) is 36.2. The first-order chi connectivity index (χ1) is 38.0. The second-order valence-electron chi connectivity index (χ2n) is 23.7. The highest BCUT2D eigenvalue weighted by molar-refractivity contribution is 6.15. The third kappa shape index (κ3) is 10.2. The van der Waals surface area contributed by atoms with Gasteiger partial charge in [0.05, 0.1) is 11.3 Å². The molecule has 0 aromatic heterocycles. The molecule has 0 spiro atoms. The summed E-state index contributed by atoms with van der Waals surface area (Å²) in [6.45, 7) is 20.6. The molecule has 1 unspecified atom stereocenters. The van der Waals surface area contributed by atoms with Gasteiger partial charge in [-0.05, 0) is 181 Å². The van der Waals surface area contributed by atoms with Crippen molar-refractivity contribution in [1.29, 1.82) is 0 Å². The molecule has 4 heterocycles. The lowest BCUT2D eigenvalue weighted by Crippen LogP contribution is -2.50. The third-order valence-corrected chi connectivity index (χ3v) is 17.4. The van der Waals surface area contributed by atoms with Crippen molar-refractivity contribution < 1.29 is 19.5 Å². The van der Waals surface area contributed by atoms with Crippen LogP contribution in [0.3, 0.4) is 0 Å². The number of carbonyl (C=O) groups is 3. The molecule has 4 aliphatic heterocycles. The molecule has 12 heteroatoms. The van der Waals surface area contributed by atoms with Gasteiger partial charge in [0.2, 0.25) is 11.3 Å². The van der Waals surface area contributed by atoms with Crippen LogP contribution in [-0.2, 0) is 36.0 Å². The molecule has 79 heavy (non-hydrogen) atoms. The molecule has 0 bridgehead atoms. The Labute approximate surface area is 465 Å². The van der Waals surface area contributed by atoms with Crippen molar-refractivity contribution >= 4 is 52.0 Å². The fourth-order valence-electron chi connectivity index (χ4n) is 13.5. The quantitative estimate of drug-likeness (QED) is 0.0372. The number of aryl methyl sites for hydroxylation is 1. The maximum atomic E-state index is 14.9. The molecule has 6 aromatic rings. The van der Waals surface area contributed by atoms with Gasteiger partial charge in [0.25, 0.3) is 17.6 Å². The fourth-order valence-corrected chi connectivity index (χ4v) is 13.5. The van der Waals surface area contributed by atoms with Crippen molar-refractivity contribution in [3.8, 4) is 5.75 Å². The Morgan fingerprint density at radius 1 is 0.873 bits per heavy atom. The average molecular weight is 1060 g/mol. The van der Waals surface area contributed by atoms with E-state index in [1.54, 1.807) is 35.2 Å². The van der Waals surface area contributed by atoms with Crippen molar-refractivity contribution in [2.24, 2.45) is 0 Å². The van der Waals surface area contributed by atoms with E-state index in [0.29, 0.717) is 55.2 Å². The van der Waals surface area contributed by atoms with Crippen molar-refractivity contribution in [3.63, 3.8) is 0 Å². The minimum absolute atomic E-state index is 0.0333. The minimum atomic E-state index is -0.268. The summed E-state index contributed by atoms with van der Waals surface area (Å²) in [5.74, 6) is 1.90. The van der Waals surface area contributed by atoms with Crippen LogP contribution in [0.4, 0.5) is 17.1 Å². The van der Waals surface area contributed by atoms with Crippen molar-refractivity contribution in [2.75, 3.05) is 50.0 Å². The largest absolute Gasteiger partial charge is 0.506 e. The van der Waals surface area contributed by atoms with Crippen LogP contribution in [0.2, 0.25) is 0 Å². The Kier molecular flexibility index (Phi) is 14.3. The molecule has 6 aromatic carbocycles. The van der Waals surface area contributed by atoms with Gasteiger partial charge >= 0.3 is 5.84 Å². The number of hydrogen-bond donors (Lipinski definition) is 5. The molecule has 0 saturated heterocycles. The molecular weight excluding hydrogens is 981 g/mol. The van der Waals surface area contributed by atoms with Crippen molar-refractivity contribution in [3.05, 3.63) is 187 Å². The van der Waals surface area contributed by atoms with Gasteiger partial charge in [0.1, 0.15) is 18.8 Å². The summed E-state index contributed by atoms with van der Waals surface area (Å²) in [6.07, 6.45) is 6.82. The second-order valence-corrected chi connectivity index (χ2v) is 23.7. The molecule has 406 valence electrons. The lowest BCUT2D eigenvalue weighted by Gasteiger charge is -2.48. The predicted molar refractivity (Wildman–Crippen MR) is 318 cm³/mol.